The van der Waals surface area contributed by atoms with Crippen LogP contribution in [0.4, 0.5) is 0 Å². The van der Waals surface area contributed by atoms with Crippen LogP contribution in [0.2, 0.25) is 0 Å². The summed E-state index contributed by atoms with van der Waals surface area (Å²) in [6.45, 7) is 5.23. The van der Waals surface area contributed by atoms with Gasteiger partial charge in [0, 0.05) is 36.6 Å². The first kappa shape index (κ1) is 21.1. The fourth-order valence-corrected chi connectivity index (χ4v) is 4.70. The molecule has 2 fully saturated rings. The van der Waals surface area contributed by atoms with Crippen LogP contribution in [0.3, 0.4) is 0 Å². The van der Waals surface area contributed by atoms with Crippen LogP contribution in [0.15, 0.2) is 29.2 Å². The maximum atomic E-state index is 12.9. The first-order chi connectivity index (χ1) is 13.3. The molecule has 1 aromatic carbocycles. The van der Waals surface area contributed by atoms with Crippen molar-refractivity contribution >= 4 is 23.6 Å². The molecule has 2 aliphatic heterocycles. The van der Waals surface area contributed by atoms with E-state index in [1.807, 2.05) is 42.3 Å². The van der Waals surface area contributed by atoms with Crippen molar-refractivity contribution in [3.63, 3.8) is 0 Å². The highest BCUT2D eigenvalue weighted by Crippen LogP contribution is 2.40. The number of nitrogens with one attached hydrogen (secondary N) is 1. The Hall–Kier alpha value is -1.57. The van der Waals surface area contributed by atoms with Gasteiger partial charge in [0.05, 0.1) is 11.1 Å². The SMILES string of the molecule is CCC(=O)N[C@@]1(C)CCOC2(CCN(C(=O)c3cccc(SC)c3)CC2)[C@@H]1O. The second-order valence-electron chi connectivity index (χ2n) is 7.91. The molecule has 6 nitrogen and oxygen atoms in total. The molecule has 0 aliphatic carbocycles. The minimum atomic E-state index is -0.804. The van der Waals surface area contributed by atoms with Crippen LogP contribution in [0, 0.1) is 0 Å². The zero-order valence-electron chi connectivity index (χ0n) is 16.9. The van der Waals surface area contributed by atoms with Gasteiger partial charge in [-0.2, -0.15) is 0 Å². The molecular weight excluding hydrogens is 376 g/mol. The lowest BCUT2D eigenvalue weighted by atomic mass is 9.73. The van der Waals surface area contributed by atoms with Gasteiger partial charge < -0.3 is 20.1 Å². The Morgan fingerprint density at radius 2 is 2.04 bits per heavy atom. The second-order valence-corrected chi connectivity index (χ2v) is 8.79. The summed E-state index contributed by atoms with van der Waals surface area (Å²) in [7, 11) is 0. The average Bonchev–Trinajstić information content (AvgIpc) is 2.72. The molecular formula is C21H30N2O4S. The lowest BCUT2D eigenvalue weighted by molar-refractivity contribution is -0.205. The number of thioether (sulfide) groups is 1. The summed E-state index contributed by atoms with van der Waals surface area (Å²) in [5.74, 6) is -0.0574. The summed E-state index contributed by atoms with van der Waals surface area (Å²) in [6, 6.07) is 7.65. The smallest absolute Gasteiger partial charge is 0.253 e. The van der Waals surface area contributed by atoms with Gasteiger partial charge in [0.15, 0.2) is 0 Å². The lowest BCUT2D eigenvalue weighted by Gasteiger charge is -2.53. The van der Waals surface area contributed by atoms with Gasteiger partial charge in [0.25, 0.3) is 5.91 Å². The molecule has 154 valence electrons. The predicted octanol–water partition coefficient (Wildman–Crippen LogP) is 2.45. The second kappa shape index (κ2) is 8.43. The number of benzene rings is 1. The summed E-state index contributed by atoms with van der Waals surface area (Å²) in [4.78, 5) is 27.7. The van der Waals surface area contributed by atoms with E-state index < -0.39 is 17.2 Å². The first-order valence-electron chi connectivity index (χ1n) is 9.90. The van der Waals surface area contributed by atoms with Crippen molar-refractivity contribution in [2.75, 3.05) is 26.0 Å². The van der Waals surface area contributed by atoms with Gasteiger partial charge in [0.2, 0.25) is 5.91 Å². The van der Waals surface area contributed by atoms with Crippen LogP contribution < -0.4 is 5.32 Å². The number of likely N-dealkylation sites (tertiary alicyclic amines) is 1. The Labute approximate surface area is 171 Å². The quantitative estimate of drug-likeness (QED) is 0.751. The molecule has 2 N–H and O–H groups in total. The number of amides is 2. The Morgan fingerprint density at radius 3 is 2.68 bits per heavy atom. The molecule has 0 aromatic heterocycles. The van der Waals surface area contributed by atoms with E-state index in [1.54, 1.807) is 18.7 Å². The number of piperidine rings is 1. The Kier molecular flexibility index (Phi) is 6.37. The van der Waals surface area contributed by atoms with Crippen molar-refractivity contribution in [3.8, 4) is 0 Å². The number of nitrogens with zero attached hydrogens (tertiary/aromatic N) is 1. The largest absolute Gasteiger partial charge is 0.388 e. The topological polar surface area (TPSA) is 78.9 Å². The summed E-state index contributed by atoms with van der Waals surface area (Å²) < 4.78 is 6.06. The van der Waals surface area contributed by atoms with Gasteiger partial charge in [-0.05, 0) is 50.6 Å². The molecule has 0 unspecified atom stereocenters. The maximum Gasteiger partial charge on any atom is 0.253 e. The molecule has 1 spiro atoms. The molecule has 2 saturated heterocycles. The molecule has 7 heteroatoms. The van der Waals surface area contributed by atoms with Crippen molar-refractivity contribution in [3.05, 3.63) is 29.8 Å². The van der Waals surface area contributed by atoms with Gasteiger partial charge in [0.1, 0.15) is 6.10 Å². The highest BCUT2D eigenvalue weighted by Gasteiger charge is 2.54. The van der Waals surface area contributed by atoms with Crippen molar-refractivity contribution in [2.45, 2.75) is 61.7 Å². The molecule has 0 radical (unpaired) electrons. The van der Waals surface area contributed by atoms with Crippen molar-refractivity contribution in [2.24, 2.45) is 0 Å². The van der Waals surface area contributed by atoms with Crippen LogP contribution in [-0.2, 0) is 9.53 Å². The molecule has 0 saturated carbocycles. The summed E-state index contributed by atoms with van der Waals surface area (Å²) in [6.07, 6.45) is 3.25. The van der Waals surface area contributed by atoms with E-state index in [0.717, 1.165) is 4.90 Å². The van der Waals surface area contributed by atoms with Gasteiger partial charge in [-0.1, -0.05) is 13.0 Å². The van der Waals surface area contributed by atoms with Gasteiger partial charge >= 0.3 is 0 Å². The molecule has 2 aliphatic rings. The van der Waals surface area contributed by atoms with Crippen LogP contribution in [-0.4, -0.2) is 65.0 Å². The minimum Gasteiger partial charge on any atom is -0.388 e. The first-order valence-corrected chi connectivity index (χ1v) is 11.1. The van der Waals surface area contributed by atoms with Gasteiger partial charge in [-0.15, -0.1) is 11.8 Å². The molecule has 2 amide bonds. The van der Waals surface area contributed by atoms with Crippen LogP contribution in [0.1, 0.15) is 49.9 Å². The van der Waals surface area contributed by atoms with Gasteiger partial charge in [-0.25, -0.2) is 0 Å². The normalized spacial score (nSPS) is 26.9. The van der Waals surface area contributed by atoms with E-state index in [-0.39, 0.29) is 11.8 Å². The number of rotatable bonds is 4. The zero-order valence-corrected chi connectivity index (χ0v) is 17.7. The number of hydrogen-bond acceptors (Lipinski definition) is 5. The Morgan fingerprint density at radius 1 is 1.32 bits per heavy atom. The average molecular weight is 407 g/mol. The third kappa shape index (κ3) is 4.07. The van der Waals surface area contributed by atoms with E-state index >= 15 is 0 Å². The van der Waals surface area contributed by atoms with E-state index in [4.69, 9.17) is 4.74 Å². The maximum absolute atomic E-state index is 12.9. The number of aliphatic hydroxyl groups is 1. The van der Waals surface area contributed by atoms with Crippen molar-refractivity contribution in [1.29, 1.82) is 0 Å². The number of carbonyl (C=O) groups is 2. The monoisotopic (exact) mass is 406 g/mol. The molecule has 2 heterocycles. The van der Waals surface area contributed by atoms with E-state index in [0.29, 0.717) is 50.9 Å². The highest BCUT2D eigenvalue weighted by molar-refractivity contribution is 7.98. The molecule has 28 heavy (non-hydrogen) atoms. The number of aliphatic hydroxyl groups excluding tert-OH is 1. The van der Waals surface area contributed by atoms with Crippen molar-refractivity contribution in [1.82, 2.24) is 10.2 Å². The molecule has 3 rings (SSSR count). The van der Waals surface area contributed by atoms with E-state index in [2.05, 4.69) is 5.32 Å². The molecule has 2 atom stereocenters. The minimum absolute atomic E-state index is 0.0121. The third-order valence-corrected chi connectivity index (χ3v) is 6.80. The lowest BCUT2D eigenvalue weighted by Crippen LogP contribution is -2.69. The third-order valence-electron chi connectivity index (χ3n) is 6.07. The standard InChI is InChI=1S/C21H30N2O4S/c1-4-17(24)22-20(2)10-13-27-21(19(20)26)8-11-23(12-9-21)18(25)15-6-5-7-16(14-15)28-3/h5-7,14,19,26H,4,8-13H2,1-3H3,(H,22,24)/t19-,20+/m1/s1. The van der Waals surface area contributed by atoms with Crippen molar-refractivity contribution < 1.29 is 19.4 Å². The fraction of sp³-hybridized carbons (Fsp3) is 0.619. The zero-order chi connectivity index (χ0) is 20.4. The molecule has 0 bridgehead atoms. The number of hydrogen-bond donors (Lipinski definition) is 2. The predicted molar refractivity (Wildman–Crippen MR) is 110 cm³/mol. The highest BCUT2D eigenvalue weighted by atomic mass is 32.2. The van der Waals surface area contributed by atoms with E-state index in [9.17, 15) is 14.7 Å². The van der Waals surface area contributed by atoms with E-state index in [1.165, 1.54) is 0 Å². The Bertz CT molecular complexity index is 733. The Balaban J connectivity index is 1.69. The number of carbonyl (C=O) groups excluding carboxylic acids is 2. The summed E-state index contributed by atoms with van der Waals surface area (Å²) in [5, 5.41) is 14.1. The summed E-state index contributed by atoms with van der Waals surface area (Å²) >= 11 is 1.61. The van der Waals surface area contributed by atoms with Crippen LogP contribution in [0.5, 0.6) is 0 Å². The summed E-state index contributed by atoms with van der Waals surface area (Å²) in [5.41, 5.74) is -0.733. The molecule has 1 aromatic rings. The van der Waals surface area contributed by atoms with Crippen LogP contribution >= 0.6 is 11.8 Å². The van der Waals surface area contributed by atoms with Gasteiger partial charge in [-0.3, -0.25) is 9.59 Å². The number of ether oxygens (including phenoxy) is 1. The van der Waals surface area contributed by atoms with Crippen LogP contribution in [0.25, 0.3) is 0 Å². The fourth-order valence-electron chi connectivity index (χ4n) is 4.25.